The molecule has 0 atom stereocenters. The van der Waals surface area contributed by atoms with Crippen molar-refractivity contribution in [2.45, 2.75) is 13.2 Å². The lowest BCUT2D eigenvalue weighted by Gasteiger charge is -2.09. The summed E-state index contributed by atoms with van der Waals surface area (Å²) in [6.45, 7) is 1.67. The first-order valence-electron chi connectivity index (χ1n) is 9.82. The van der Waals surface area contributed by atoms with Crippen LogP contribution in [0.3, 0.4) is 0 Å². The average Bonchev–Trinajstić information content (AvgIpc) is 3.45. The second-order valence-corrected chi connectivity index (χ2v) is 7.77. The van der Waals surface area contributed by atoms with E-state index in [-0.39, 0.29) is 5.88 Å². The monoisotopic (exact) mass is 429 g/mol. The van der Waals surface area contributed by atoms with Crippen LogP contribution in [-0.2, 0) is 17.9 Å². The maximum Gasteiger partial charge on any atom is 0.233 e. The van der Waals surface area contributed by atoms with Gasteiger partial charge in [0, 0.05) is 36.1 Å². The van der Waals surface area contributed by atoms with Crippen molar-refractivity contribution in [3.05, 3.63) is 78.1 Å². The zero-order chi connectivity index (χ0) is 21.0. The minimum Gasteiger partial charge on any atom is -0.492 e. The molecular formula is C23H19N5O2S. The van der Waals surface area contributed by atoms with Gasteiger partial charge < -0.3 is 14.4 Å². The molecule has 0 amide bonds. The van der Waals surface area contributed by atoms with Crippen LogP contribution in [-0.4, -0.2) is 36.2 Å². The number of hydrogen-bond donors (Lipinski definition) is 1. The van der Waals surface area contributed by atoms with Crippen molar-refractivity contribution >= 4 is 21.6 Å². The molecule has 31 heavy (non-hydrogen) atoms. The van der Waals surface area contributed by atoms with E-state index >= 15 is 0 Å². The Morgan fingerprint density at radius 1 is 0.968 bits per heavy atom. The normalized spacial score (nSPS) is 11.2. The lowest BCUT2D eigenvalue weighted by Crippen LogP contribution is -2.08. The topological polar surface area (TPSA) is 86.0 Å². The van der Waals surface area contributed by atoms with Crippen molar-refractivity contribution in [2.75, 3.05) is 6.61 Å². The van der Waals surface area contributed by atoms with E-state index in [1.807, 2.05) is 64.7 Å². The molecule has 0 unspecified atom stereocenters. The van der Waals surface area contributed by atoms with Gasteiger partial charge in [-0.1, -0.05) is 36.4 Å². The van der Waals surface area contributed by atoms with E-state index in [1.165, 1.54) is 11.3 Å². The number of aromatic nitrogens is 5. The van der Waals surface area contributed by atoms with E-state index in [1.54, 1.807) is 12.4 Å². The zero-order valence-electron chi connectivity index (χ0n) is 16.5. The molecule has 0 spiro atoms. The first kappa shape index (κ1) is 19.3. The van der Waals surface area contributed by atoms with Gasteiger partial charge in [-0.05, 0) is 17.7 Å². The van der Waals surface area contributed by atoms with Crippen LogP contribution in [0.2, 0.25) is 0 Å². The van der Waals surface area contributed by atoms with Crippen molar-refractivity contribution in [3.8, 4) is 28.8 Å². The maximum atomic E-state index is 10.5. The largest absolute Gasteiger partial charge is 0.492 e. The van der Waals surface area contributed by atoms with Gasteiger partial charge in [-0.15, -0.1) is 11.3 Å². The number of aromatic hydroxyl groups is 1. The SMILES string of the molecule is Oc1nc(-c2nccn2CCOCc2ccccc2)nc2c(-c3ccccn3)csc12. The van der Waals surface area contributed by atoms with Crippen molar-refractivity contribution in [2.24, 2.45) is 0 Å². The molecule has 5 aromatic rings. The van der Waals surface area contributed by atoms with E-state index in [4.69, 9.17) is 9.72 Å². The second kappa shape index (κ2) is 8.63. The maximum absolute atomic E-state index is 10.5. The third kappa shape index (κ3) is 4.03. The first-order chi connectivity index (χ1) is 15.3. The molecule has 0 radical (unpaired) electrons. The fourth-order valence-electron chi connectivity index (χ4n) is 3.33. The van der Waals surface area contributed by atoms with Crippen molar-refractivity contribution in [1.82, 2.24) is 24.5 Å². The third-order valence-electron chi connectivity index (χ3n) is 4.84. The van der Waals surface area contributed by atoms with Gasteiger partial charge in [0.15, 0.2) is 11.6 Å². The number of ether oxygens (including phenoxy) is 1. The Bertz CT molecular complexity index is 1300. The van der Waals surface area contributed by atoms with Crippen molar-refractivity contribution in [1.29, 1.82) is 0 Å². The standard InChI is InChI=1S/C23H19N5O2S/c29-23-20-19(17(15-31-20)18-8-4-5-9-24-18)26-21(27-23)22-25-10-11-28(22)12-13-30-14-16-6-2-1-3-7-16/h1-11,15H,12-14H2,(H,26,27,29). The highest BCUT2D eigenvalue weighted by Gasteiger charge is 2.18. The number of pyridine rings is 1. The lowest BCUT2D eigenvalue weighted by molar-refractivity contribution is 0.113. The summed E-state index contributed by atoms with van der Waals surface area (Å²) in [5.74, 6) is 0.898. The summed E-state index contributed by atoms with van der Waals surface area (Å²) in [6.07, 6.45) is 5.30. The minimum absolute atomic E-state index is 0.0536. The molecular weight excluding hydrogens is 410 g/mol. The number of hydrogen-bond acceptors (Lipinski definition) is 7. The molecule has 0 aliphatic heterocycles. The van der Waals surface area contributed by atoms with Crippen LogP contribution >= 0.6 is 11.3 Å². The molecule has 154 valence electrons. The third-order valence-corrected chi connectivity index (χ3v) is 5.81. The summed E-state index contributed by atoms with van der Waals surface area (Å²) in [5, 5.41) is 12.5. The highest BCUT2D eigenvalue weighted by atomic mass is 32.1. The Morgan fingerprint density at radius 3 is 2.68 bits per heavy atom. The summed E-state index contributed by atoms with van der Waals surface area (Å²) >= 11 is 1.40. The molecule has 7 nitrogen and oxygen atoms in total. The van der Waals surface area contributed by atoms with E-state index in [0.29, 0.717) is 41.6 Å². The fourth-order valence-corrected chi connectivity index (χ4v) is 4.22. The van der Waals surface area contributed by atoms with Crippen LogP contribution in [0.25, 0.3) is 33.1 Å². The molecule has 0 fully saturated rings. The quantitative estimate of drug-likeness (QED) is 0.382. The van der Waals surface area contributed by atoms with Crippen LogP contribution in [0.1, 0.15) is 5.56 Å². The second-order valence-electron chi connectivity index (χ2n) is 6.90. The highest BCUT2D eigenvalue weighted by molar-refractivity contribution is 7.18. The van der Waals surface area contributed by atoms with E-state index in [9.17, 15) is 5.11 Å². The van der Waals surface area contributed by atoms with Gasteiger partial charge >= 0.3 is 0 Å². The molecule has 0 aliphatic rings. The van der Waals surface area contributed by atoms with E-state index in [0.717, 1.165) is 16.8 Å². The number of fused-ring (bicyclic) bond motifs is 1. The van der Waals surface area contributed by atoms with Gasteiger partial charge in [-0.25, -0.2) is 9.97 Å². The molecule has 0 aliphatic carbocycles. The van der Waals surface area contributed by atoms with Crippen LogP contribution in [0, 0.1) is 0 Å². The van der Waals surface area contributed by atoms with E-state index < -0.39 is 0 Å². The minimum atomic E-state index is -0.0536. The smallest absolute Gasteiger partial charge is 0.233 e. The summed E-state index contributed by atoms with van der Waals surface area (Å²) in [6, 6.07) is 15.8. The molecule has 1 N–H and O–H groups in total. The van der Waals surface area contributed by atoms with Crippen LogP contribution in [0.4, 0.5) is 0 Å². The Balaban J connectivity index is 1.39. The lowest BCUT2D eigenvalue weighted by atomic mass is 10.2. The van der Waals surface area contributed by atoms with Crippen LogP contribution in [0.5, 0.6) is 5.88 Å². The Kier molecular flexibility index (Phi) is 5.39. The van der Waals surface area contributed by atoms with Gasteiger partial charge in [0.2, 0.25) is 5.88 Å². The fraction of sp³-hybridized carbons (Fsp3) is 0.130. The first-order valence-corrected chi connectivity index (χ1v) is 10.7. The Morgan fingerprint density at radius 2 is 1.84 bits per heavy atom. The average molecular weight is 430 g/mol. The number of rotatable bonds is 7. The van der Waals surface area contributed by atoms with Gasteiger partial charge in [0.1, 0.15) is 4.70 Å². The molecule has 0 bridgehead atoms. The summed E-state index contributed by atoms with van der Waals surface area (Å²) < 4.78 is 8.36. The summed E-state index contributed by atoms with van der Waals surface area (Å²) in [7, 11) is 0. The molecule has 4 aromatic heterocycles. The molecule has 1 aromatic carbocycles. The van der Waals surface area contributed by atoms with Gasteiger partial charge in [-0.3, -0.25) is 4.98 Å². The van der Waals surface area contributed by atoms with Crippen molar-refractivity contribution < 1.29 is 9.84 Å². The Labute approximate surface area is 182 Å². The molecule has 8 heteroatoms. The number of thiophene rings is 1. The van der Waals surface area contributed by atoms with Gasteiger partial charge in [0.25, 0.3) is 0 Å². The summed E-state index contributed by atoms with van der Waals surface area (Å²) in [4.78, 5) is 17.9. The van der Waals surface area contributed by atoms with Crippen molar-refractivity contribution in [3.63, 3.8) is 0 Å². The number of imidazole rings is 1. The zero-order valence-corrected chi connectivity index (χ0v) is 17.4. The van der Waals surface area contributed by atoms with E-state index in [2.05, 4.69) is 15.0 Å². The van der Waals surface area contributed by atoms with Crippen LogP contribution < -0.4 is 0 Å². The molecule has 0 saturated heterocycles. The number of nitrogens with zero attached hydrogens (tertiary/aromatic N) is 5. The highest BCUT2D eigenvalue weighted by Crippen LogP contribution is 2.36. The van der Waals surface area contributed by atoms with Gasteiger partial charge in [0.05, 0.1) is 24.4 Å². The molecule has 4 heterocycles. The number of benzene rings is 1. The predicted molar refractivity (Wildman–Crippen MR) is 120 cm³/mol. The van der Waals surface area contributed by atoms with Gasteiger partial charge in [-0.2, -0.15) is 4.98 Å². The van der Waals surface area contributed by atoms with Crippen LogP contribution in [0.15, 0.2) is 72.5 Å². The molecule has 0 saturated carbocycles. The predicted octanol–water partition coefficient (Wildman–Crippen LogP) is 4.54. The Hall–Kier alpha value is -3.62. The summed E-state index contributed by atoms with van der Waals surface area (Å²) in [5.41, 5.74) is 3.46. The molecule has 5 rings (SSSR count).